The minimum Gasteiger partial charge on any atom is -0.371 e. The van der Waals surface area contributed by atoms with Crippen molar-refractivity contribution < 1.29 is 22.5 Å². The third kappa shape index (κ3) is 3.59. The summed E-state index contributed by atoms with van der Waals surface area (Å²) in [6.07, 6.45) is 3.09. The van der Waals surface area contributed by atoms with Crippen LogP contribution >= 0.6 is 0 Å². The summed E-state index contributed by atoms with van der Waals surface area (Å²) in [4.78, 5) is 19.6. The molecule has 11 heteroatoms. The van der Waals surface area contributed by atoms with Crippen LogP contribution in [-0.4, -0.2) is 50.8 Å². The SMILES string of the molecule is Cc1ccc(-c2noc([C@H]3C[C@@H]3F)n2)cc1NC(=O)c1cnn2ccc(N3CCC4(C3)CC4(F)F)cc12. The molecule has 0 bridgehead atoms. The van der Waals surface area contributed by atoms with E-state index in [4.69, 9.17) is 4.52 Å². The van der Waals surface area contributed by atoms with Crippen LogP contribution < -0.4 is 10.2 Å². The summed E-state index contributed by atoms with van der Waals surface area (Å²) in [6.45, 7) is 2.73. The summed E-state index contributed by atoms with van der Waals surface area (Å²) < 4.78 is 47.9. The normalized spacial score (nSPS) is 25.7. The van der Waals surface area contributed by atoms with Gasteiger partial charge in [-0.05, 0) is 43.5 Å². The number of pyridine rings is 1. The van der Waals surface area contributed by atoms with Crippen LogP contribution in [0.3, 0.4) is 0 Å². The van der Waals surface area contributed by atoms with Gasteiger partial charge in [0.2, 0.25) is 11.7 Å². The molecule has 4 heterocycles. The molecule has 4 aromatic rings. The first-order chi connectivity index (χ1) is 17.7. The number of halogens is 3. The lowest BCUT2D eigenvalue weighted by Crippen LogP contribution is -2.22. The van der Waals surface area contributed by atoms with E-state index in [9.17, 15) is 18.0 Å². The number of hydrogen-bond donors (Lipinski definition) is 1. The van der Waals surface area contributed by atoms with Crippen molar-refractivity contribution in [1.29, 1.82) is 0 Å². The largest absolute Gasteiger partial charge is 0.371 e. The van der Waals surface area contributed by atoms with Gasteiger partial charge in [0.1, 0.15) is 6.17 Å². The highest BCUT2D eigenvalue weighted by molar-refractivity contribution is 6.09. The highest BCUT2D eigenvalue weighted by Crippen LogP contribution is 2.65. The van der Waals surface area contributed by atoms with Gasteiger partial charge in [-0.2, -0.15) is 10.1 Å². The molecular formula is C26H23F3N6O2. The van der Waals surface area contributed by atoms with Crippen LogP contribution in [0.15, 0.2) is 47.2 Å². The van der Waals surface area contributed by atoms with Gasteiger partial charge in [-0.15, -0.1) is 0 Å². The van der Waals surface area contributed by atoms with Crippen LogP contribution in [0.25, 0.3) is 16.9 Å². The van der Waals surface area contributed by atoms with Crippen molar-refractivity contribution in [1.82, 2.24) is 19.8 Å². The van der Waals surface area contributed by atoms with Gasteiger partial charge in [0.25, 0.3) is 11.8 Å². The summed E-state index contributed by atoms with van der Waals surface area (Å²) >= 11 is 0. The van der Waals surface area contributed by atoms with Gasteiger partial charge in [0.05, 0.1) is 28.6 Å². The molecular weight excluding hydrogens is 485 g/mol. The van der Waals surface area contributed by atoms with E-state index >= 15 is 0 Å². The Bertz CT molecular complexity index is 1560. The molecule has 0 radical (unpaired) electrons. The average molecular weight is 509 g/mol. The quantitative estimate of drug-likeness (QED) is 0.408. The van der Waals surface area contributed by atoms with E-state index in [0.29, 0.717) is 54.1 Å². The Morgan fingerprint density at radius 1 is 1.24 bits per heavy atom. The van der Waals surface area contributed by atoms with Gasteiger partial charge in [0.15, 0.2) is 0 Å². The van der Waals surface area contributed by atoms with Crippen LogP contribution in [0.4, 0.5) is 24.5 Å². The maximum absolute atomic E-state index is 13.9. The lowest BCUT2D eigenvalue weighted by atomic mass is 10.1. The number of fused-ring (bicyclic) bond motifs is 1. The molecule has 7 rings (SSSR count). The minimum atomic E-state index is -2.59. The average Bonchev–Trinajstić information content (AvgIpc) is 3.40. The van der Waals surface area contributed by atoms with Crippen LogP contribution in [0.1, 0.15) is 47.0 Å². The zero-order valence-corrected chi connectivity index (χ0v) is 19.9. The summed E-state index contributed by atoms with van der Waals surface area (Å²) in [5.41, 5.74) is 2.86. The molecule has 37 heavy (non-hydrogen) atoms. The molecule has 3 fully saturated rings. The molecule has 3 aliphatic rings. The molecule has 2 aliphatic carbocycles. The first kappa shape index (κ1) is 22.3. The standard InChI is InChI=1S/C26H23F3N6O2/c1-14-2-3-15(22-32-24(37-33-22)17-10-19(17)27)8-20(14)31-23(36)18-11-30-35-6-4-16(9-21(18)35)34-7-5-25(13-34)12-26(25,28)29/h2-4,6,8-9,11,17,19H,5,7,10,12-13H2,1H3,(H,31,36)/t17-,19-,25?/m0/s1. The topological polar surface area (TPSA) is 88.6 Å². The number of anilines is 2. The Morgan fingerprint density at radius 2 is 2.05 bits per heavy atom. The summed E-state index contributed by atoms with van der Waals surface area (Å²) in [6, 6.07) is 9.05. The van der Waals surface area contributed by atoms with Gasteiger partial charge in [-0.3, -0.25) is 4.79 Å². The lowest BCUT2D eigenvalue weighted by Gasteiger charge is -2.19. The molecule has 2 saturated carbocycles. The van der Waals surface area contributed by atoms with Gasteiger partial charge < -0.3 is 14.7 Å². The van der Waals surface area contributed by atoms with Crippen molar-refractivity contribution in [2.75, 3.05) is 23.3 Å². The zero-order valence-electron chi connectivity index (χ0n) is 19.9. The molecule has 1 unspecified atom stereocenters. The maximum Gasteiger partial charge on any atom is 0.259 e. The molecule has 8 nitrogen and oxygen atoms in total. The fourth-order valence-corrected chi connectivity index (χ4v) is 5.27. The Balaban J connectivity index is 1.13. The van der Waals surface area contributed by atoms with Crippen LogP contribution in [0.5, 0.6) is 0 Å². The fraction of sp³-hybridized carbons (Fsp3) is 0.385. The van der Waals surface area contributed by atoms with Crippen molar-refractivity contribution in [2.24, 2.45) is 5.41 Å². The Morgan fingerprint density at radius 3 is 2.78 bits per heavy atom. The number of nitrogens with zero attached hydrogens (tertiary/aromatic N) is 5. The Kier molecular flexibility index (Phi) is 4.56. The number of aromatic nitrogens is 4. The molecule has 1 aromatic carbocycles. The van der Waals surface area contributed by atoms with Gasteiger partial charge >= 0.3 is 0 Å². The van der Waals surface area contributed by atoms with Crippen molar-refractivity contribution >= 4 is 22.8 Å². The molecule has 3 aromatic heterocycles. The summed E-state index contributed by atoms with van der Waals surface area (Å²) in [7, 11) is 0. The number of benzene rings is 1. The summed E-state index contributed by atoms with van der Waals surface area (Å²) in [5.74, 6) is -2.67. The van der Waals surface area contributed by atoms with Gasteiger partial charge in [-0.25, -0.2) is 17.7 Å². The highest BCUT2D eigenvalue weighted by atomic mass is 19.3. The van der Waals surface area contributed by atoms with Gasteiger partial charge in [-0.1, -0.05) is 17.3 Å². The Labute approximate surface area is 209 Å². The second-order valence-corrected chi connectivity index (χ2v) is 10.4. The first-order valence-electron chi connectivity index (χ1n) is 12.2. The molecule has 3 atom stereocenters. The number of hydrogen-bond acceptors (Lipinski definition) is 6. The van der Waals surface area contributed by atoms with Crippen molar-refractivity contribution in [3.05, 3.63) is 59.7 Å². The number of nitrogens with one attached hydrogen (secondary N) is 1. The van der Waals surface area contributed by atoms with E-state index in [0.717, 1.165) is 11.3 Å². The van der Waals surface area contributed by atoms with Crippen LogP contribution in [-0.2, 0) is 0 Å². The number of carbonyl (C=O) groups excluding carboxylic acids is 1. The minimum absolute atomic E-state index is 0.0559. The van der Waals surface area contributed by atoms with Crippen molar-refractivity contribution in [2.45, 2.75) is 44.2 Å². The number of aryl methyl sites for hydroxylation is 1. The molecule has 1 saturated heterocycles. The van der Waals surface area contributed by atoms with Crippen LogP contribution in [0, 0.1) is 12.3 Å². The van der Waals surface area contributed by atoms with Crippen molar-refractivity contribution in [3.63, 3.8) is 0 Å². The van der Waals surface area contributed by atoms with Gasteiger partial charge in [0, 0.05) is 42.6 Å². The first-order valence-corrected chi connectivity index (χ1v) is 12.2. The predicted octanol–water partition coefficient (Wildman–Crippen LogP) is 5.01. The fourth-order valence-electron chi connectivity index (χ4n) is 5.27. The number of alkyl halides is 3. The van der Waals surface area contributed by atoms with E-state index < -0.39 is 17.5 Å². The molecule has 1 amide bonds. The smallest absolute Gasteiger partial charge is 0.259 e. The zero-order chi connectivity index (χ0) is 25.5. The van der Waals surface area contributed by atoms with E-state index in [1.54, 1.807) is 16.8 Å². The molecule has 190 valence electrons. The number of rotatable bonds is 5. The lowest BCUT2D eigenvalue weighted by molar-refractivity contribution is 0.0711. The third-order valence-corrected chi connectivity index (χ3v) is 7.90. The number of amides is 1. The second-order valence-electron chi connectivity index (χ2n) is 10.4. The predicted molar refractivity (Wildman–Crippen MR) is 129 cm³/mol. The molecule has 1 spiro atoms. The third-order valence-electron chi connectivity index (χ3n) is 7.90. The highest BCUT2D eigenvalue weighted by Gasteiger charge is 2.72. The second kappa shape index (κ2) is 7.56. The van der Waals surface area contributed by atoms with E-state index in [1.165, 1.54) is 6.20 Å². The van der Waals surface area contributed by atoms with Crippen molar-refractivity contribution in [3.8, 4) is 11.4 Å². The van der Waals surface area contributed by atoms with Crippen LogP contribution in [0.2, 0.25) is 0 Å². The van der Waals surface area contributed by atoms with E-state index in [2.05, 4.69) is 20.6 Å². The maximum atomic E-state index is 13.9. The summed E-state index contributed by atoms with van der Waals surface area (Å²) in [5, 5.41) is 11.2. The van der Waals surface area contributed by atoms with E-state index in [-0.39, 0.29) is 24.1 Å². The Hall–Kier alpha value is -3.89. The monoisotopic (exact) mass is 508 g/mol. The molecule has 1 N–H and O–H groups in total. The molecule has 1 aliphatic heterocycles. The number of carbonyl (C=O) groups is 1. The van der Waals surface area contributed by atoms with E-state index in [1.807, 2.05) is 36.1 Å².